The van der Waals surface area contributed by atoms with E-state index in [0.29, 0.717) is 11.5 Å². The predicted octanol–water partition coefficient (Wildman–Crippen LogP) is 9.01. The first kappa shape index (κ1) is 27.0. The molecule has 174 valence electrons. The van der Waals surface area contributed by atoms with E-state index in [0.717, 1.165) is 29.7 Å². The van der Waals surface area contributed by atoms with E-state index >= 15 is 0 Å². The van der Waals surface area contributed by atoms with Gasteiger partial charge < -0.3 is 5.32 Å². The molecule has 1 heteroatoms. The minimum absolute atomic E-state index is 0.458. The molecule has 0 amide bonds. The second-order valence-corrected chi connectivity index (χ2v) is 11.9. The van der Waals surface area contributed by atoms with Crippen molar-refractivity contribution >= 4 is 0 Å². The van der Waals surface area contributed by atoms with Crippen molar-refractivity contribution in [2.75, 3.05) is 0 Å². The first-order valence-corrected chi connectivity index (χ1v) is 13.4. The summed E-state index contributed by atoms with van der Waals surface area (Å²) in [5.74, 6) is 3.61. The average Bonchev–Trinajstić information content (AvgIpc) is 2.65. The van der Waals surface area contributed by atoms with E-state index in [4.69, 9.17) is 0 Å². The van der Waals surface area contributed by atoms with Crippen LogP contribution >= 0.6 is 0 Å². The van der Waals surface area contributed by atoms with Gasteiger partial charge in [-0.15, -0.1) is 0 Å². The summed E-state index contributed by atoms with van der Waals surface area (Å²) in [5, 5.41) is 4.12. The van der Waals surface area contributed by atoms with Gasteiger partial charge in [0.05, 0.1) is 0 Å². The lowest BCUT2D eigenvalue weighted by molar-refractivity contribution is 0.141. The van der Waals surface area contributed by atoms with Gasteiger partial charge in [0.2, 0.25) is 0 Å². The Kier molecular flexibility index (Phi) is 13.1. The first-order valence-electron chi connectivity index (χ1n) is 13.4. The molecule has 29 heavy (non-hydrogen) atoms. The zero-order chi connectivity index (χ0) is 21.9. The fourth-order valence-electron chi connectivity index (χ4n) is 5.79. The molecule has 0 aliphatic heterocycles. The van der Waals surface area contributed by atoms with Gasteiger partial charge in [-0.05, 0) is 74.5 Å². The van der Waals surface area contributed by atoms with Crippen LogP contribution < -0.4 is 5.32 Å². The van der Waals surface area contributed by atoms with E-state index in [1.165, 1.54) is 83.5 Å². The molecule has 0 heterocycles. The maximum Gasteiger partial charge on any atom is 0.00980 e. The second-order valence-electron chi connectivity index (χ2n) is 11.9. The van der Waals surface area contributed by atoms with Gasteiger partial charge >= 0.3 is 0 Å². The van der Waals surface area contributed by atoms with Gasteiger partial charge in [-0.3, -0.25) is 0 Å². The molecule has 1 fully saturated rings. The molecule has 5 unspecified atom stereocenters. The third-order valence-corrected chi connectivity index (χ3v) is 7.87. The molecule has 0 aromatic rings. The highest BCUT2D eigenvalue weighted by atomic mass is 15.0. The van der Waals surface area contributed by atoms with Gasteiger partial charge in [0, 0.05) is 12.1 Å². The lowest BCUT2D eigenvalue weighted by Gasteiger charge is -2.41. The Morgan fingerprint density at radius 2 is 1.59 bits per heavy atom. The topological polar surface area (TPSA) is 12.0 Å². The zero-order valence-corrected chi connectivity index (χ0v) is 21.7. The Morgan fingerprint density at radius 1 is 0.897 bits per heavy atom. The fourth-order valence-corrected chi connectivity index (χ4v) is 5.79. The molecule has 1 aliphatic carbocycles. The number of unbranched alkanes of at least 4 members (excludes halogenated alkanes) is 3. The lowest BCUT2D eigenvalue weighted by atomic mass is 9.71. The van der Waals surface area contributed by atoms with E-state index in [1.54, 1.807) is 0 Å². The van der Waals surface area contributed by atoms with Crippen molar-refractivity contribution in [1.82, 2.24) is 5.32 Å². The van der Waals surface area contributed by atoms with E-state index in [9.17, 15) is 0 Å². The van der Waals surface area contributed by atoms with Crippen molar-refractivity contribution in [3.8, 4) is 0 Å². The summed E-state index contributed by atoms with van der Waals surface area (Å²) in [6.45, 7) is 19.5. The van der Waals surface area contributed by atoms with Crippen molar-refractivity contribution < 1.29 is 0 Å². The summed E-state index contributed by atoms with van der Waals surface area (Å²) in [4.78, 5) is 0. The summed E-state index contributed by atoms with van der Waals surface area (Å²) < 4.78 is 0. The van der Waals surface area contributed by atoms with E-state index in [1.807, 2.05) is 0 Å². The summed E-state index contributed by atoms with van der Waals surface area (Å²) >= 11 is 0. The molecule has 0 spiro atoms. The van der Waals surface area contributed by atoms with Crippen LogP contribution in [0.1, 0.15) is 139 Å². The van der Waals surface area contributed by atoms with Gasteiger partial charge in [0.1, 0.15) is 0 Å². The van der Waals surface area contributed by atoms with E-state index < -0.39 is 0 Å². The smallest absolute Gasteiger partial charge is 0.00980 e. The largest absolute Gasteiger partial charge is 0.311 e. The van der Waals surface area contributed by atoms with Crippen LogP contribution in [0.15, 0.2) is 0 Å². The van der Waals surface area contributed by atoms with E-state index in [-0.39, 0.29) is 0 Å². The van der Waals surface area contributed by atoms with Crippen LogP contribution in [0.4, 0.5) is 0 Å². The molecule has 5 atom stereocenters. The maximum atomic E-state index is 4.12. The maximum absolute atomic E-state index is 4.12. The van der Waals surface area contributed by atoms with Crippen LogP contribution in [0.25, 0.3) is 0 Å². The molecular formula is C28H57N. The van der Waals surface area contributed by atoms with Crippen molar-refractivity contribution in [2.45, 2.75) is 151 Å². The monoisotopic (exact) mass is 407 g/mol. The zero-order valence-electron chi connectivity index (χ0n) is 21.7. The van der Waals surface area contributed by atoms with Gasteiger partial charge in [0.25, 0.3) is 0 Å². The van der Waals surface area contributed by atoms with Gasteiger partial charge in [0.15, 0.2) is 0 Å². The highest BCUT2D eigenvalue weighted by Gasteiger charge is 2.32. The molecule has 1 saturated carbocycles. The standard InChI is InChI=1S/C28H57N/c1-9-11-13-14-23(5)18-19-28(7,8)21-24(6)29-27-17-16-25(22(3)4)20-26(27)15-12-10-2/h22-27,29H,9-21H2,1-8H3. The second kappa shape index (κ2) is 14.1. The quantitative estimate of drug-likeness (QED) is 0.267. The van der Waals surface area contributed by atoms with Gasteiger partial charge in [-0.1, -0.05) is 93.4 Å². The Morgan fingerprint density at radius 3 is 2.21 bits per heavy atom. The molecule has 0 radical (unpaired) electrons. The van der Waals surface area contributed by atoms with E-state index in [2.05, 4.69) is 60.7 Å². The van der Waals surface area contributed by atoms with Crippen LogP contribution in [-0.2, 0) is 0 Å². The highest BCUT2D eigenvalue weighted by Crippen LogP contribution is 2.37. The molecule has 0 saturated heterocycles. The predicted molar refractivity (Wildman–Crippen MR) is 133 cm³/mol. The third-order valence-electron chi connectivity index (χ3n) is 7.87. The third kappa shape index (κ3) is 11.2. The summed E-state index contributed by atoms with van der Waals surface area (Å²) in [6, 6.07) is 1.40. The molecule has 1 aliphatic rings. The van der Waals surface area contributed by atoms with Crippen LogP contribution in [0.3, 0.4) is 0 Å². The van der Waals surface area contributed by atoms with Crippen LogP contribution in [-0.4, -0.2) is 12.1 Å². The van der Waals surface area contributed by atoms with Crippen molar-refractivity contribution in [3.63, 3.8) is 0 Å². The Hall–Kier alpha value is -0.0400. The lowest BCUT2D eigenvalue weighted by Crippen LogP contribution is -2.46. The number of hydrogen-bond acceptors (Lipinski definition) is 1. The number of hydrogen-bond donors (Lipinski definition) is 1. The number of nitrogens with one attached hydrogen (secondary N) is 1. The minimum Gasteiger partial charge on any atom is -0.311 e. The molecule has 0 aromatic carbocycles. The van der Waals surface area contributed by atoms with Gasteiger partial charge in [-0.25, -0.2) is 0 Å². The molecule has 0 bridgehead atoms. The van der Waals surface area contributed by atoms with Crippen LogP contribution in [0.5, 0.6) is 0 Å². The summed E-state index contributed by atoms with van der Waals surface area (Å²) in [5.41, 5.74) is 0.458. The Labute approximate surface area is 185 Å². The molecule has 1 N–H and O–H groups in total. The van der Waals surface area contributed by atoms with Crippen LogP contribution in [0, 0.1) is 29.1 Å². The SMILES string of the molecule is CCCCCC(C)CCC(C)(C)CC(C)NC1CCC(C(C)C)CC1CCCC. The van der Waals surface area contributed by atoms with Crippen molar-refractivity contribution in [2.24, 2.45) is 29.1 Å². The molecular weight excluding hydrogens is 350 g/mol. The van der Waals surface area contributed by atoms with Crippen molar-refractivity contribution in [1.29, 1.82) is 0 Å². The molecule has 1 rings (SSSR count). The Bertz CT molecular complexity index is 399. The molecule has 0 aromatic heterocycles. The van der Waals surface area contributed by atoms with Gasteiger partial charge in [-0.2, -0.15) is 0 Å². The highest BCUT2D eigenvalue weighted by molar-refractivity contribution is 4.88. The summed E-state index contributed by atoms with van der Waals surface area (Å²) in [6.07, 6.45) is 18.2. The van der Waals surface area contributed by atoms with Crippen molar-refractivity contribution in [3.05, 3.63) is 0 Å². The first-order chi connectivity index (χ1) is 13.7. The number of rotatable bonds is 15. The average molecular weight is 408 g/mol. The molecule has 1 nitrogen and oxygen atoms in total. The fraction of sp³-hybridized carbons (Fsp3) is 1.00. The normalized spacial score (nSPS) is 25.3. The Balaban J connectivity index is 2.47. The minimum atomic E-state index is 0.458. The summed E-state index contributed by atoms with van der Waals surface area (Å²) in [7, 11) is 0. The van der Waals surface area contributed by atoms with Crippen LogP contribution in [0.2, 0.25) is 0 Å².